The van der Waals surface area contributed by atoms with E-state index in [1.807, 2.05) is 31.4 Å². The molecule has 0 aliphatic heterocycles. The molecule has 0 saturated heterocycles. The van der Waals surface area contributed by atoms with Crippen molar-refractivity contribution in [2.75, 3.05) is 0 Å². The van der Waals surface area contributed by atoms with Gasteiger partial charge in [0.15, 0.2) is 5.84 Å². The second-order valence-corrected chi connectivity index (χ2v) is 6.25. The summed E-state index contributed by atoms with van der Waals surface area (Å²) >= 11 is 1.61. The lowest BCUT2D eigenvalue weighted by atomic mass is 9.89. The van der Waals surface area contributed by atoms with Crippen LogP contribution in [0.25, 0.3) is 0 Å². The fourth-order valence-corrected chi connectivity index (χ4v) is 2.36. The highest BCUT2D eigenvalue weighted by Gasteiger charge is 2.37. The molecule has 0 atom stereocenters. The average Bonchev–Trinajstić information content (AvgIpc) is 2.86. The van der Waals surface area contributed by atoms with Crippen LogP contribution in [0.1, 0.15) is 32.6 Å². The van der Waals surface area contributed by atoms with E-state index in [-0.39, 0.29) is 17.8 Å². The van der Waals surface area contributed by atoms with Crippen LogP contribution in [0.15, 0.2) is 22.7 Å². The highest BCUT2D eigenvalue weighted by Crippen LogP contribution is 2.23. The lowest BCUT2D eigenvalue weighted by molar-refractivity contribution is -0.139. The summed E-state index contributed by atoms with van der Waals surface area (Å²) in [5.41, 5.74) is 4.60. The van der Waals surface area contributed by atoms with Crippen LogP contribution in [-0.2, 0) is 11.3 Å². The molecular formula is C13H21N3O2S. The number of thiophene rings is 1. The second-order valence-electron chi connectivity index (χ2n) is 5.22. The van der Waals surface area contributed by atoms with Gasteiger partial charge in [-0.2, -0.15) is 0 Å². The molecule has 0 aliphatic carbocycles. The molecule has 0 aromatic carbocycles. The third kappa shape index (κ3) is 3.47. The van der Waals surface area contributed by atoms with Crippen LogP contribution in [0.3, 0.4) is 0 Å². The van der Waals surface area contributed by atoms with Crippen molar-refractivity contribution >= 4 is 23.1 Å². The molecule has 1 amide bonds. The Balaban J connectivity index is 2.97. The van der Waals surface area contributed by atoms with Gasteiger partial charge in [0.1, 0.15) is 5.41 Å². The van der Waals surface area contributed by atoms with Gasteiger partial charge < -0.3 is 15.8 Å². The smallest absolute Gasteiger partial charge is 0.236 e. The molecule has 1 rings (SSSR count). The minimum Gasteiger partial charge on any atom is -0.409 e. The molecule has 0 radical (unpaired) electrons. The van der Waals surface area contributed by atoms with E-state index in [1.54, 1.807) is 30.1 Å². The molecule has 0 unspecified atom stereocenters. The van der Waals surface area contributed by atoms with Crippen molar-refractivity contribution < 1.29 is 10.0 Å². The molecule has 0 bridgehead atoms. The molecule has 19 heavy (non-hydrogen) atoms. The Hall–Kier alpha value is -1.56. The molecule has 0 aliphatic rings. The van der Waals surface area contributed by atoms with Crippen LogP contribution in [0.2, 0.25) is 0 Å². The maximum Gasteiger partial charge on any atom is 0.236 e. The SMILES string of the molecule is CC(C)N(Cc1cccs1)C(=O)C(C)(C)C(N)=NO. The maximum atomic E-state index is 12.6. The predicted octanol–water partition coefficient (Wildman–Crippen LogP) is 2.26. The molecular weight excluding hydrogens is 262 g/mol. The number of amidine groups is 1. The average molecular weight is 283 g/mol. The summed E-state index contributed by atoms with van der Waals surface area (Å²) in [7, 11) is 0. The van der Waals surface area contributed by atoms with Gasteiger partial charge in [-0.15, -0.1) is 11.3 Å². The summed E-state index contributed by atoms with van der Waals surface area (Å²) in [6, 6.07) is 3.99. The zero-order valence-corrected chi connectivity index (χ0v) is 12.6. The van der Waals surface area contributed by atoms with Gasteiger partial charge in [-0.05, 0) is 39.1 Å². The minimum absolute atomic E-state index is 0.0420. The van der Waals surface area contributed by atoms with Crippen LogP contribution in [0.4, 0.5) is 0 Å². The second kappa shape index (κ2) is 6.06. The van der Waals surface area contributed by atoms with Crippen molar-refractivity contribution in [1.29, 1.82) is 0 Å². The lowest BCUT2D eigenvalue weighted by Gasteiger charge is -2.33. The first-order valence-electron chi connectivity index (χ1n) is 6.12. The summed E-state index contributed by atoms with van der Waals surface area (Å²) in [6.45, 7) is 7.76. The molecule has 0 saturated carbocycles. The van der Waals surface area contributed by atoms with E-state index < -0.39 is 5.41 Å². The number of rotatable bonds is 5. The third-order valence-corrected chi connectivity index (χ3v) is 3.93. The standard InChI is InChI=1S/C13H21N3O2S/c1-9(2)16(8-10-6-5-7-19-10)12(17)13(3,4)11(14)15-18/h5-7,9,18H,8H2,1-4H3,(H2,14,15). The number of amides is 1. The predicted molar refractivity (Wildman–Crippen MR) is 77.2 cm³/mol. The van der Waals surface area contributed by atoms with Crippen LogP contribution in [0.5, 0.6) is 0 Å². The Morgan fingerprint density at radius 3 is 2.63 bits per heavy atom. The Labute approximate surface area is 117 Å². The van der Waals surface area contributed by atoms with E-state index in [4.69, 9.17) is 10.9 Å². The van der Waals surface area contributed by atoms with Crippen LogP contribution in [0, 0.1) is 5.41 Å². The van der Waals surface area contributed by atoms with Gasteiger partial charge in [0.05, 0.1) is 6.54 Å². The highest BCUT2D eigenvalue weighted by atomic mass is 32.1. The number of hydrogen-bond acceptors (Lipinski definition) is 4. The van der Waals surface area contributed by atoms with Crippen molar-refractivity contribution in [3.8, 4) is 0 Å². The Kier molecular flexibility index (Phi) is 4.94. The Morgan fingerprint density at radius 2 is 2.21 bits per heavy atom. The number of carbonyl (C=O) groups excluding carboxylic acids is 1. The molecule has 1 aromatic rings. The molecule has 1 aromatic heterocycles. The van der Waals surface area contributed by atoms with E-state index in [1.165, 1.54) is 0 Å². The lowest BCUT2D eigenvalue weighted by Crippen LogP contribution is -2.49. The molecule has 0 spiro atoms. The number of nitrogens with two attached hydrogens (primary N) is 1. The normalized spacial score (nSPS) is 12.8. The molecule has 3 N–H and O–H groups in total. The van der Waals surface area contributed by atoms with E-state index in [2.05, 4.69) is 5.16 Å². The fourth-order valence-electron chi connectivity index (χ4n) is 1.65. The summed E-state index contributed by atoms with van der Waals surface area (Å²) in [5.74, 6) is -0.222. The topological polar surface area (TPSA) is 78.9 Å². The zero-order chi connectivity index (χ0) is 14.6. The number of oxime groups is 1. The van der Waals surface area contributed by atoms with Crippen molar-refractivity contribution in [1.82, 2.24) is 4.90 Å². The van der Waals surface area contributed by atoms with Gasteiger partial charge >= 0.3 is 0 Å². The van der Waals surface area contributed by atoms with Crippen molar-refractivity contribution in [3.05, 3.63) is 22.4 Å². The first kappa shape index (κ1) is 15.5. The van der Waals surface area contributed by atoms with Crippen LogP contribution in [-0.4, -0.2) is 27.9 Å². The third-order valence-electron chi connectivity index (χ3n) is 3.07. The Bertz CT molecular complexity index is 452. The Morgan fingerprint density at radius 1 is 1.58 bits per heavy atom. The number of carbonyl (C=O) groups is 1. The van der Waals surface area contributed by atoms with Gasteiger partial charge in [0.25, 0.3) is 0 Å². The number of nitrogens with zero attached hydrogens (tertiary/aromatic N) is 2. The summed E-state index contributed by atoms with van der Waals surface area (Å²) in [5, 5.41) is 13.7. The molecule has 5 nitrogen and oxygen atoms in total. The van der Waals surface area contributed by atoms with Gasteiger partial charge in [-0.1, -0.05) is 11.2 Å². The molecule has 106 valence electrons. The summed E-state index contributed by atoms with van der Waals surface area (Å²) in [6.07, 6.45) is 0. The van der Waals surface area contributed by atoms with Crippen molar-refractivity contribution in [2.45, 2.75) is 40.3 Å². The first-order chi connectivity index (χ1) is 8.80. The first-order valence-corrected chi connectivity index (χ1v) is 7.00. The van der Waals surface area contributed by atoms with Crippen LogP contribution >= 0.6 is 11.3 Å². The quantitative estimate of drug-likeness (QED) is 0.376. The minimum atomic E-state index is -1.02. The van der Waals surface area contributed by atoms with Gasteiger partial charge in [-0.3, -0.25) is 4.79 Å². The summed E-state index contributed by atoms with van der Waals surface area (Å²) in [4.78, 5) is 15.4. The van der Waals surface area contributed by atoms with E-state index >= 15 is 0 Å². The monoisotopic (exact) mass is 283 g/mol. The van der Waals surface area contributed by atoms with Crippen molar-refractivity contribution in [2.24, 2.45) is 16.3 Å². The summed E-state index contributed by atoms with van der Waals surface area (Å²) < 4.78 is 0. The largest absolute Gasteiger partial charge is 0.409 e. The van der Waals surface area contributed by atoms with E-state index in [9.17, 15) is 4.79 Å². The zero-order valence-electron chi connectivity index (χ0n) is 11.8. The van der Waals surface area contributed by atoms with Crippen LogP contribution < -0.4 is 5.73 Å². The fraction of sp³-hybridized carbons (Fsp3) is 0.538. The molecule has 0 fully saturated rings. The van der Waals surface area contributed by atoms with Gasteiger partial charge in [0, 0.05) is 10.9 Å². The maximum absolute atomic E-state index is 12.6. The highest BCUT2D eigenvalue weighted by molar-refractivity contribution is 7.09. The van der Waals surface area contributed by atoms with E-state index in [0.29, 0.717) is 6.54 Å². The van der Waals surface area contributed by atoms with E-state index in [0.717, 1.165) is 4.88 Å². The van der Waals surface area contributed by atoms with Crippen molar-refractivity contribution in [3.63, 3.8) is 0 Å². The molecule has 6 heteroatoms. The van der Waals surface area contributed by atoms with Gasteiger partial charge in [-0.25, -0.2) is 0 Å². The molecule has 1 heterocycles. The van der Waals surface area contributed by atoms with Gasteiger partial charge in [0.2, 0.25) is 5.91 Å². The number of hydrogen-bond donors (Lipinski definition) is 2.